The van der Waals surface area contributed by atoms with Crippen LogP contribution < -0.4 is 5.32 Å². The van der Waals surface area contributed by atoms with Gasteiger partial charge in [-0.2, -0.15) is 0 Å². The highest BCUT2D eigenvalue weighted by Gasteiger charge is 2.01. The largest absolute Gasteiger partial charge is 0.469 e. The van der Waals surface area contributed by atoms with Gasteiger partial charge in [-0.3, -0.25) is 4.79 Å². The van der Waals surface area contributed by atoms with Crippen LogP contribution in [0, 0.1) is 0 Å². The first-order chi connectivity index (χ1) is 6.95. The second kappa shape index (κ2) is 7.64. The lowest BCUT2D eigenvalue weighted by Gasteiger charge is -2.03. The summed E-state index contributed by atoms with van der Waals surface area (Å²) in [6, 6.07) is 0. The van der Waals surface area contributed by atoms with Gasteiger partial charge >= 0.3 is 5.97 Å². The molecular formula is C9H19NO4S. The van der Waals surface area contributed by atoms with Crippen molar-refractivity contribution in [3.05, 3.63) is 0 Å². The minimum Gasteiger partial charge on any atom is -0.469 e. The predicted molar refractivity (Wildman–Crippen MR) is 58.4 cm³/mol. The zero-order valence-corrected chi connectivity index (χ0v) is 10.1. The van der Waals surface area contributed by atoms with Gasteiger partial charge in [0.25, 0.3) is 0 Å². The molecule has 0 heterocycles. The summed E-state index contributed by atoms with van der Waals surface area (Å²) >= 11 is 0. The highest BCUT2D eigenvalue weighted by molar-refractivity contribution is 7.90. The first-order valence-corrected chi connectivity index (χ1v) is 6.97. The van der Waals surface area contributed by atoms with Crippen molar-refractivity contribution < 1.29 is 17.9 Å². The van der Waals surface area contributed by atoms with Gasteiger partial charge in [-0.25, -0.2) is 8.42 Å². The van der Waals surface area contributed by atoms with Crippen molar-refractivity contribution in [3.8, 4) is 0 Å². The van der Waals surface area contributed by atoms with Crippen molar-refractivity contribution in [3.63, 3.8) is 0 Å². The molecule has 0 rings (SSSR count). The Morgan fingerprint density at radius 3 is 2.40 bits per heavy atom. The van der Waals surface area contributed by atoms with E-state index in [1.54, 1.807) is 0 Å². The van der Waals surface area contributed by atoms with E-state index in [0.29, 0.717) is 32.4 Å². The molecule has 0 aromatic heterocycles. The summed E-state index contributed by atoms with van der Waals surface area (Å²) in [6.07, 6.45) is 2.95. The molecule has 0 aliphatic carbocycles. The van der Waals surface area contributed by atoms with Crippen LogP contribution in [-0.2, 0) is 19.4 Å². The van der Waals surface area contributed by atoms with Gasteiger partial charge in [-0.05, 0) is 25.9 Å². The first kappa shape index (κ1) is 14.4. The normalized spacial score (nSPS) is 11.3. The molecule has 0 fully saturated rings. The predicted octanol–water partition coefficient (Wildman–Crippen LogP) is -0.0361. The molecule has 1 N–H and O–H groups in total. The molecule has 6 heteroatoms. The van der Waals surface area contributed by atoms with Crippen LogP contribution in [0.4, 0.5) is 0 Å². The minimum atomic E-state index is -2.85. The summed E-state index contributed by atoms with van der Waals surface area (Å²) in [5.74, 6) is -0.00952. The average Bonchev–Trinajstić information content (AvgIpc) is 2.14. The Bertz CT molecular complexity index is 274. The maximum absolute atomic E-state index is 10.8. The third-order valence-electron chi connectivity index (χ3n) is 1.83. The number of ether oxygens (including phenoxy) is 1. The van der Waals surface area contributed by atoms with Gasteiger partial charge in [0.15, 0.2) is 0 Å². The molecule has 0 unspecified atom stereocenters. The van der Waals surface area contributed by atoms with Gasteiger partial charge in [-0.1, -0.05) is 0 Å². The van der Waals surface area contributed by atoms with E-state index >= 15 is 0 Å². The maximum Gasteiger partial charge on any atom is 0.305 e. The van der Waals surface area contributed by atoms with Crippen LogP contribution in [-0.4, -0.2) is 46.6 Å². The van der Waals surface area contributed by atoms with Crippen LogP contribution in [0.25, 0.3) is 0 Å². The zero-order chi connectivity index (χ0) is 11.7. The number of esters is 1. The number of hydrogen-bond donors (Lipinski definition) is 1. The summed E-state index contributed by atoms with van der Waals surface area (Å²) in [5, 5.41) is 3.07. The van der Waals surface area contributed by atoms with Crippen LogP contribution in [0.1, 0.15) is 19.3 Å². The fourth-order valence-corrected chi connectivity index (χ4v) is 1.71. The summed E-state index contributed by atoms with van der Waals surface area (Å²) in [4.78, 5) is 10.7. The Hall–Kier alpha value is -0.620. The van der Waals surface area contributed by atoms with E-state index in [4.69, 9.17) is 0 Å². The molecule has 0 amide bonds. The van der Waals surface area contributed by atoms with E-state index in [0.717, 1.165) is 0 Å². The van der Waals surface area contributed by atoms with E-state index in [9.17, 15) is 13.2 Å². The SMILES string of the molecule is COC(=O)CCCNCCCS(C)(=O)=O. The number of nitrogens with one attached hydrogen (secondary N) is 1. The van der Waals surface area contributed by atoms with E-state index in [1.807, 2.05) is 0 Å². The summed E-state index contributed by atoms with van der Waals surface area (Å²) in [7, 11) is -1.49. The van der Waals surface area contributed by atoms with Crippen molar-refractivity contribution >= 4 is 15.8 Å². The van der Waals surface area contributed by atoms with Crippen molar-refractivity contribution in [2.24, 2.45) is 0 Å². The molecule has 90 valence electrons. The minimum absolute atomic E-state index is 0.205. The third-order valence-corrected chi connectivity index (χ3v) is 2.86. The van der Waals surface area contributed by atoms with Gasteiger partial charge < -0.3 is 10.1 Å². The van der Waals surface area contributed by atoms with Crippen molar-refractivity contribution in [1.82, 2.24) is 5.32 Å². The Morgan fingerprint density at radius 1 is 1.27 bits per heavy atom. The first-order valence-electron chi connectivity index (χ1n) is 4.91. The van der Waals surface area contributed by atoms with E-state index in [-0.39, 0.29) is 11.7 Å². The lowest BCUT2D eigenvalue weighted by molar-refractivity contribution is -0.140. The highest BCUT2D eigenvalue weighted by Crippen LogP contribution is 1.91. The monoisotopic (exact) mass is 237 g/mol. The van der Waals surface area contributed by atoms with E-state index < -0.39 is 9.84 Å². The second-order valence-electron chi connectivity index (χ2n) is 3.41. The molecule has 0 aromatic carbocycles. The van der Waals surface area contributed by atoms with Gasteiger partial charge in [-0.15, -0.1) is 0 Å². The molecule has 0 spiro atoms. The van der Waals surface area contributed by atoms with Crippen molar-refractivity contribution in [1.29, 1.82) is 0 Å². The molecule has 15 heavy (non-hydrogen) atoms. The molecule has 0 bridgehead atoms. The van der Waals surface area contributed by atoms with Crippen LogP contribution in [0.5, 0.6) is 0 Å². The Kier molecular flexibility index (Phi) is 7.33. The Morgan fingerprint density at radius 2 is 1.87 bits per heavy atom. The second-order valence-corrected chi connectivity index (χ2v) is 5.67. The Labute approximate surface area is 91.1 Å². The molecule has 0 radical (unpaired) electrons. The number of hydrogen-bond acceptors (Lipinski definition) is 5. The van der Waals surface area contributed by atoms with E-state index in [1.165, 1.54) is 13.4 Å². The molecule has 0 atom stereocenters. The van der Waals surface area contributed by atoms with Gasteiger partial charge in [0.2, 0.25) is 0 Å². The van der Waals surface area contributed by atoms with Crippen LogP contribution in [0.2, 0.25) is 0 Å². The molecule has 0 saturated carbocycles. The summed E-state index contributed by atoms with van der Waals surface area (Å²) < 4.78 is 26.0. The third kappa shape index (κ3) is 11.3. The quantitative estimate of drug-likeness (QED) is 0.474. The average molecular weight is 237 g/mol. The number of sulfone groups is 1. The van der Waals surface area contributed by atoms with Crippen molar-refractivity contribution in [2.75, 3.05) is 32.2 Å². The van der Waals surface area contributed by atoms with E-state index in [2.05, 4.69) is 10.1 Å². The fraction of sp³-hybridized carbons (Fsp3) is 0.889. The molecule has 0 aliphatic heterocycles. The molecule has 0 saturated heterocycles. The number of rotatable bonds is 8. The summed E-state index contributed by atoms with van der Waals surface area (Å²) in [5.41, 5.74) is 0. The fourth-order valence-electron chi connectivity index (χ4n) is 1.04. The maximum atomic E-state index is 10.8. The number of carbonyl (C=O) groups excluding carboxylic acids is 1. The molecule has 5 nitrogen and oxygen atoms in total. The van der Waals surface area contributed by atoms with Crippen molar-refractivity contribution in [2.45, 2.75) is 19.3 Å². The Balaban J connectivity index is 3.23. The molecular weight excluding hydrogens is 218 g/mol. The highest BCUT2D eigenvalue weighted by atomic mass is 32.2. The molecule has 0 aliphatic rings. The van der Waals surface area contributed by atoms with Gasteiger partial charge in [0.05, 0.1) is 12.9 Å². The van der Waals surface area contributed by atoms with Gasteiger partial charge in [0, 0.05) is 12.7 Å². The van der Waals surface area contributed by atoms with Crippen LogP contribution in [0.15, 0.2) is 0 Å². The van der Waals surface area contributed by atoms with Gasteiger partial charge in [0.1, 0.15) is 9.84 Å². The lowest BCUT2D eigenvalue weighted by Crippen LogP contribution is -2.20. The number of carbonyl (C=O) groups is 1. The van der Waals surface area contributed by atoms with Crippen LogP contribution in [0.3, 0.4) is 0 Å². The smallest absolute Gasteiger partial charge is 0.305 e. The number of methoxy groups -OCH3 is 1. The molecule has 0 aromatic rings. The van der Waals surface area contributed by atoms with Crippen LogP contribution >= 0.6 is 0 Å². The zero-order valence-electron chi connectivity index (χ0n) is 9.28. The summed E-state index contributed by atoms with van der Waals surface area (Å²) in [6.45, 7) is 1.37. The topological polar surface area (TPSA) is 72.5 Å². The lowest BCUT2D eigenvalue weighted by atomic mass is 10.3. The standard InChI is InChI=1S/C9H19NO4S/c1-14-9(11)5-3-6-10-7-4-8-15(2,12)13/h10H,3-8H2,1-2H3.